The van der Waals surface area contributed by atoms with Crippen LogP contribution in [0.2, 0.25) is 0 Å². The van der Waals surface area contributed by atoms with Crippen molar-refractivity contribution >= 4 is 11.8 Å². The van der Waals surface area contributed by atoms with Crippen LogP contribution in [0.15, 0.2) is 58.5 Å². The van der Waals surface area contributed by atoms with Crippen molar-refractivity contribution in [2.24, 2.45) is 7.05 Å². The number of aryl methyl sites for hydroxylation is 1. The van der Waals surface area contributed by atoms with E-state index in [9.17, 15) is 9.65 Å². The van der Waals surface area contributed by atoms with Gasteiger partial charge in [-0.25, -0.2) is 8.78 Å². The SMILES string of the molecule is C[C@H]1C[C@@](C#N)(c2cccc(Sc3ccc(-c4ccnn4C)c(F)c3)c2F)CCO1. The molecule has 0 radical (unpaired) electrons. The number of benzene rings is 2. The lowest BCUT2D eigenvalue weighted by atomic mass is 9.73. The van der Waals surface area contributed by atoms with Crippen molar-refractivity contribution in [2.75, 3.05) is 6.61 Å². The van der Waals surface area contributed by atoms with E-state index in [1.807, 2.05) is 6.92 Å². The van der Waals surface area contributed by atoms with Gasteiger partial charge in [0.05, 0.1) is 23.3 Å². The Morgan fingerprint density at radius 2 is 2.10 bits per heavy atom. The van der Waals surface area contributed by atoms with Crippen LogP contribution in [0.4, 0.5) is 8.78 Å². The minimum Gasteiger partial charge on any atom is -0.378 e. The first-order chi connectivity index (χ1) is 14.4. The zero-order valence-corrected chi connectivity index (χ0v) is 17.5. The van der Waals surface area contributed by atoms with Crippen LogP contribution in [0.5, 0.6) is 0 Å². The van der Waals surface area contributed by atoms with Crippen LogP contribution in [0, 0.1) is 23.0 Å². The molecule has 3 aromatic rings. The van der Waals surface area contributed by atoms with Crippen LogP contribution >= 0.6 is 11.8 Å². The number of rotatable bonds is 4. The Labute approximate surface area is 178 Å². The van der Waals surface area contributed by atoms with Crippen molar-refractivity contribution in [1.29, 1.82) is 5.26 Å². The molecule has 154 valence electrons. The molecule has 4 nitrogen and oxygen atoms in total. The second-order valence-corrected chi connectivity index (χ2v) is 8.65. The maximum absolute atomic E-state index is 15.4. The Balaban J connectivity index is 1.65. The molecular formula is C23H21F2N3OS. The molecule has 1 fully saturated rings. The van der Waals surface area contributed by atoms with Gasteiger partial charge in [-0.3, -0.25) is 4.68 Å². The molecule has 30 heavy (non-hydrogen) atoms. The maximum Gasteiger partial charge on any atom is 0.141 e. The first kappa shape index (κ1) is 20.6. The van der Waals surface area contributed by atoms with Gasteiger partial charge in [0.2, 0.25) is 0 Å². The number of nitriles is 1. The van der Waals surface area contributed by atoms with Crippen molar-refractivity contribution < 1.29 is 13.5 Å². The summed E-state index contributed by atoms with van der Waals surface area (Å²) in [5.41, 5.74) is 0.583. The van der Waals surface area contributed by atoms with E-state index in [4.69, 9.17) is 4.74 Å². The molecule has 0 N–H and O–H groups in total. The Bertz CT molecular complexity index is 1120. The lowest BCUT2D eigenvalue weighted by Gasteiger charge is -2.35. The number of nitrogens with zero attached hydrogens (tertiary/aromatic N) is 3. The quantitative estimate of drug-likeness (QED) is 0.556. The largest absolute Gasteiger partial charge is 0.378 e. The Hall–Kier alpha value is -2.69. The van der Waals surface area contributed by atoms with Crippen LogP contribution in [0.1, 0.15) is 25.3 Å². The molecule has 0 bridgehead atoms. The normalized spacial score (nSPS) is 21.4. The summed E-state index contributed by atoms with van der Waals surface area (Å²) in [7, 11) is 1.75. The van der Waals surface area contributed by atoms with Crippen LogP contribution in [-0.2, 0) is 17.2 Å². The lowest BCUT2D eigenvalue weighted by Crippen LogP contribution is -2.37. The van der Waals surface area contributed by atoms with Crippen molar-refractivity contribution in [2.45, 2.75) is 41.1 Å². The summed E-state index contributed by atoms with van der Waals surface area (Å²) in [6.07, 6.45) is 2.40. The molecule has 0 unspecified atom stereocenters. The molecule has 2 atom stereocenters. The topological polar surface area (TPSA) is 50.8 Å². The first-order valence-corrected chi connectivity index (χ1v) is 10.5. The molecule has 1 aliphatic heterocycles. The standard InChI is InChI=1S/C23H21F2N3OS/c1-15-13-23(14-26,9-11-29-15)18-4-3-5-21(22(18)25)30-16-6-7-17(19(24)12-16)20-8-10-27-28(20)2/h3-8,10,12,15H,9,11,13H2,1-2H3/t15-,23-/m0/s1. The molecule has 0 amide bonds. The van der Waals surface area contributed by atoms with E-state index in [1.165, 1.54) is 6.07 Å². The van der Waals surface area contributed by atoms with Crippen molar-refractivity contribution in [3.8, 4) is 17.3 Å². The molecule has 4 rings (SSSR count). The highest BCUT2D eigenvalue weighted by atomic mass is 32.2. The molecule has 0 saturated carbocycles. The molecule has 1 saturated heterocycles. The van der Waals surface area contributed by atoms with E-state index in [-0.39, 0.29) is 6.10 Å². The van der Waals surface area contributed by atoms with E-state index >= 15 is 4.39 Å². The Kier molecular flexibility index (Phi) is 5.63. The summed E-state index contributed by atoms with van der Waals surface area (Å²) in [5.74, 6) is -0.818. The summed E-state index contributed by atoms with van der Waals surface area (Å²) in [5, 5.41) is 13.9. The zero-order chi connectivity index (χ0) is 21.3. The molecule has 2 aromatic carbocycles. The van der Waals surface area contributed by atoms with E-state index < -0.39 is 17.0 Å². The summed E-state index contributed by atoms with van der Waals surface area (Å²) >= 11 is 1.15. The van der Waals surface area contributed by atoms with Crippen LogP contribution in [-0.4, -0.2) is 22.5 Å². The van der Waals surface area contributed by atoms with Gasteiger partial charge in [0.1, 0.15) is 11.6 Å². The van der Waals surface area contributed by atoms with Gasteiger partial charge in [-0.2, -0.15) is 10.4 Å². The van der Waals surface area contributed by atoms with Crippen molar-refractivity contribution in [3.63, 3.8) is 0 Å². The van der Waals surface area contributed by atoms with Crippen LogP contribution < -0.4 is 0 Å². The molecule has 1 aromatic heterocycles. The highest BCUT2D eigenvalue weighted by Gasteiger charge is 2.40. The van der Waals surface area contributed by atoms with Gasteiger partial charge in [-0.05, 0) is 50.1 Å². The van der Waals surface area contributed by atoms with Gasteiger partial charge in [-0.15, -0.1) is 0 Å². The van der Waals surface area contributed by atoms with E-state index in [0.717, 1.165) is 11.8 Å². The average molecular weight is 426 g/mol. The molecule has 0 aliphatic carbocycles. The third kappa shape index (κ3) is 3.73. The number of hydrogen-bond acceptors (Lipinski definition) is 4. The van der Waals surface area contributed by atoms with Gasteiger partial charge in [0, 0.05) is 40.8 Å². The fourth-order valence-corrected chi connectivity index (χ4v) is 4.88. The highest BCUT2D eigenvalue weighted by molar-refractivity contribution is 7.99. The average Bonchev–Trinajstić information content (AvgIpc) is 3.15. The zero-order valence-electron chi connectivity index (χ0n) is 16.7. The fourth-order valence-electron chi connectivity index (χ4n) is 3.98. The van der Waals surface area contributed by atoms with E-state index in [1.54, 1.807) is 54.3 Å². The van der Waals surface area contributed by atoms with Crippen molar-refractivity contribution in [1.82, 2.24) is 9.78 Å². The Morgan fingerprint density at radius 3 is 2.77 bits per heavy atom. The summed E-state index contributed by atoms with van der Waals surface area (Å²) in [4.78, 5) is 0.953. The second kappa shape index (κ2) is 8.21. The van der Waals surface area contributed by atoms with E-state index in [0.29, 0.717) is 46.1 Å². The molecule has 1 aliphatic rings. The Morgan fingerprint density at radius 1 is 1.27 bits per heavy atom. The van der Waals surface area contributed by atoms with Gasteiger partial charge in [-0.1, -0.05) is 23.9 Å². The van der Waals surface area contributed by atoms with Gasteiger partial charge in [0.15, 0.2) is 0 Å². The van der Waals surface area contributed by atoms with E-state index in [2.05, 4.69) is 11.2 Å². The predicted octanol–water partition coefficient (Wildman–Crippen LogP) is 5.48. The molecular weight excluding hydrogens is 404 g/mol. The summed E-state index contributed by atoms with van der Waals surface area (Å²) in [6, 6.07) is 14.0. The maximum atomic E-state index is 15.4. The smallest absolute Gasteiger partial charge is 0.141 e. The molecule has 0 spiro atoms. The van der Waals surface area contributed by atoms with Crippen molar-refractivity contribution in [3.05, 3.63) is 65.9 Å². The summed E-state index contributed by atoms with van der Waals surface area (Å²) in [6.45, 7) is 2.32. The van der Waals surface area contributed by atoms with Crippen LogP contribution in [0.25, 0.3) is 11.3 Å². The first-order valence-electron chi connectivity index (χ1n) is 9.71. The number of ether oxygens (including phenoxy) is 1. The third-order valence-corrected chi connectivity index (χ3v) is 6.55. The predicted molar refractivity (Wildman–Crippen MR) is 111 cm³/mol. The minimum absolute atomic E-state index is 0.109. The minimum atomic E-state index is -0.910. The van der Waals surface area contributed by atoms with Gasteiger partial charge < -0.3 is 4.74 Å². The monoisotopic (exact) mass is 425 g/mol. The van der Waals surface area contributed by atoms with Crippen LogP contribution in [0.3, 0.4) is 0 Å². The summed E-state index contributed by atoms with van der Waals surface area (Å²) < 4.78 is 37.3. The highest BCUT2D eigenvalue weighted by Crippen LogP contribution is 2.41. The number of aromatic nitrogens is 2. The number of hydrogen-bond donors (Lipinski definition) is 0. The lowest BCUT2D eigenvalue weighted by molar-refractivity contribution is 0.00275. The molecule has 2 heterocycles. The van der Waals surface area contributed by atoms with Gasteiger partial charge >= 0.3 is 0 Å². The molecule has 7 heteroatoms. The second-order valence-electron chi connectivity index (χ2n) is 7.53. The number of halogens is 2. The van der Waals surface area contributed by atoms with Gasteiger partial charge in [0.25, 0.3) is 0 Å². The third-order valence-electron chi connectivity index (χ3n) is 5.53. The fraction of sp³-hybridized carbons (Fsp3) is 0.304.